The summed E-state index contributed by atoms with van der Waals surface area (Å²) in [5, 5.41) is 0. The molecule has 2 N–H and O–H groups in total. The number of allylic oxidation sites excluding steroid dienone is 2. The fraction of sp³-hybridized carbons (Fsp3) is 0.909. The lowest BCUT2D eigenvalue weighted by atomic mass is 9.33. The highest BCUT2D eigenvalue weighted by Crippen LogP contribution is 2.77. The number of hydrogen-bond donors (Lipinski definition) is 1. The Morgan fingerprint density at radius 3 is 2.28 bits per heavy atom. The fourth-order valence-corrected chi connectivity index (χ4v) is 12.0. The van der Waals surface area contributed by atoms with Crippen LogP contribution in [0.1, 0.15) is 132 Å². The van der Waals surface area contributed by atoms with Crippen LogP contribution in [0.3, 0.4) is 0 Å². The van der Waals surface area contributed by atoms with E-state index in [0.717, 1.165) is 18.3 Å². The lowest BCUT2D eigenvalue weighted by Gasteiger charge is -2.72. The van der Waals surface area contributed by atoms with Gasteiger partial charge in [-0.05, 0) is 116 Å². The summed E-state index contributed by atoms with van der Waals surface area (Å²) < 4.78 is 5.72. The van der Waals surface area contributed by atoms with Gasteiger partial charge in [-0.1, -0.05) is 73.0 Å². The summed E-state index contributed by atoms with van der Waals surface area (Å²) in [4.78, 5) is 11.7. The number of rotatable bonds is 4. The molecule has 0 aliphatic heterocycles. The second kappa shape index (κ2) is 8.51. The van der Waals surface area contributed by atoms with E-state index < -0.39 is 6.09 Å². The molecule has 0 aromatic rings. The van der Waals surface area contributed by atoms with Crippen molar-refractivity contribution in [3.8, 4) is 0 Å². The number of ether oxygens (including phenoxy) is 1. The average Bonchev–Trinajstić information content (AvgIpc) is 3.16. The summed E-state index contributed by atoms with van der Waals surface area (Å²) in [5.41, 5.74) is 10.9. The SMILES string of the molecule is CCCC12CCC(C(C)C)=C1C1CCC3C4(C)CCC(OC(N)=O)C(C)(C)C4CCC3(C)C1(C)CC2. The van der Waals surface area contributed by atoms with Gasteiger partial charge in [0.2, 0.25) is 0 Å². The number of nitrogens with two attached hydrogens (primary N) is 1. The van der Waals surface area contributed by atoms with Gasteiger partial charge >= 0.3 is 6.09 Å². The zero-order chi connectivity index (χ0) is 26.3. The van der Waals surface area contributed by atoms with Crippen LogP contribution in [-0.2, 0) is 4.74 Å². The lowest BCUT2D eigenvalue weighted by Crippen LogP contribution is -2.65. The van der Waals surface area contributed by atoms with Gasteiger partial charge in [-0.2, -0.15) is 0 Å². The summed E-state index contributed by atoms with van der Waals surface area (Å²) in [6.07, 6.45) is 15.1. The van der Waals surface area contributed by atoms with Crippen LogP contribution >= 0.6 is 0 Å². The van der Waals surface area contributed by atoms with Gasteiger partial charge in [0.25, 0.3) is 0 Å². The number of carbonyl (C=O) groups excluding carboxylic acids is 1. The Hall–Kier alpha value is -0.990. The zero-order valence-electron chi connectivity index (χ0n) is 24.8. The molecule has 1 amide bonds. The monoisotopic (exact) mass is 497 g/mol. The third kappa shape index (κ3) is 3.38. The third-order valence-electron chi connectivity index (χ3n) is 13.7. The highest BCUT2D eigenvalue weighted by atomic mass is 16.6. The highest BCUT2D eigenvalue weighted by Gasteiger charge is 2.69. The van der Waals surface area contributed by atoms with Crippen LogP contribution in [0, 0.1) is 50.7 Å². The molecule has 5 aliphatic carbocycles. The molecular formula is C33H55NO2. The summed E-state index contributed by atoms with van der Waals surface area (Å²) in [5.74, 6) is 2.81. The molecule has 5 aliphatic rings. The van der Waals surface area contributed by atoms with Crippen molar-refractivity contribution in [2.24, 2.45) is 56.5 Å². The molecule has 8 atom stereocenters. The maximum Gasteiger partial charge on any atom is 0.404 e. The van der Waals surface area contributed by atoms with Crippen LogP contribution < -0.4 is 5.73 Å². The maximum atomic E-state index is 11.7. The quantitative estimate of drug-likeness (QED) is 0.394. The Morgan fingerprint density at radius 2 is 1.64 bits per heavy atom. The first kappa shape index (κ1) is 26.6. The first-order chi connectivity index (χ1) is 16.8. The van der Waals surface area contributed by atoms with Gasteiger partial charge in [0.15, 0.2) is 0 Å². The van der Waals surface area contributed by atoms with Crippen molar-refractivity contribution in [1.29, 1.82) is 0 Å². The zero-order valence-corrected chi connectivity index (χ0v) is 24.8. The Balaban J connectivity index is 1.53. The smallest absolute Gasteiger partial charge is 0.404 e. The number of primary amides is 1. The summed E-state index contributed by atoms with van der Waals surface area (Å²) in [7, 11) is 0. The predicted octanol–water partition coefficient (Wildman–Crippen LogP) is 9.05. The van der Waals surface area contributed by atoms with Crippen molar-refractivity contribution >= 4 is 6.09 Å². The molecule has 204 valence electrons. The van der Waals surface area contributed by atoms with E-state index >= 15 is 0 Å². The number of amides is 1. The van der Waals surface area contributed by atoms with Gasteiger partial charge < -0.3 is 10.5 Å². The second-order valence-corrected chi connectivity index (χ2v) is 15.5. The largest absolute Gasteiger partial charge is 0.446 e. The molecule has 36 heavy (non-hydrogen) atoms. The maximum absolute atomic E-state index is 11.7. The molecule has 0 saturated heterocycles. The minimum Gasteiger partial charge on any atom is -0.446 e. The van der Waals surface area contributed by atoms with E-state index in [4.69, 9.17) is 10.5 Å². The molecular weight excluding hydrogens is 442 g/mol. The van der Waals surface area contributed by atoms with Crippen molar-refractivity contribution in [1.82, 2.24) is 0 Å². The van der Waals surface area contributed by atoms with Gasteiger partial charge in [-0.3, -0.25) is 0 Å². The topological polar surface area (TPSA) is 52.3 Å². The minimum atomic E-state index is -0.603. The molecule has 0 aromatic heterocycles. The van der Waals surface area contributed by atoms with E-state index in [2.05, 4.69) is 55.4 Å². The number of hydrogen-bond acceptors (Lipinski definition) is 2. The molecule has 5 rings (SSSR count). The van der Waals surface area contributed by atoms with Gasteiger partial charge in [0.1, 0.15) is 6.10 Å². The molecule has 3 heteroatoms. The molecule has 8 unspecified atom stereocenters. The molecule has 0 aromatic carbocycles. The van der Waals surface area contributed by atoms with E-state index in [9.17, 15) is 4.79 Å². The van der Waals surface area contributed by atoms with Crippen molar-refractivity contribution in [2.45, 2.75) is 139 Å². The van der Waals surface area contributed by atoms with Crippen LogP contribution in [0.5, 0.6) is 0 Å². The van der Waals surface area contributed by atoms with E-state index in [1.165, 1.54) is 70.6 Å². The van der Waals surface area contributed by atoms with E-state index in [1.54, 1.807) is 0 Å². The minimum absolute atomic E-state index is 0.0250. The Bertz CT molecular complexity index is 934. The normalized spacial score (nSPS) is 47.6. The van der Waals surface area contributed by atoms with Gasteiger partial charge in [0.05, 0.1) is 0 Å². The summed E-state index contributed by atoms with van der Waals surface area (Å²) in [6, 6.07) is 0. The van der Waals surface area contributed by atoms with Crippen LogP contribution in [0.4, 0.5) is 4.79 Å². The molecule has 0 heterocycles. The predicted molar refractivity (Wildman–Crippen MR) is 148 cm³/mol. The Labute approximate surface area is 221 Å². The number of fused-ring (bicyclic) bond motifs is 7. The van der Waals surface area contributed by atoms with Gasteiger partial charge in [0, 0.05) is 5.41 Å². The van der Waals surface area contributed by atoms with Crippen molar-refractivity contribution in [3.05, 3.63) is 11.1 Å². The molecule has 4 fully saturated rings. The first-order valence-corrected chi connectivity index (χ1v) is 15.5. The fourth-order valence-electron chi connectivity index (χ4n) is 12.0. The van der Waals surface area contributed by atoms with E-state index in [-0.39, 0.29) is 11.5 Å². The molecule has 0 bridgehead atoms. The third-order valence-corrected chi connectivity index (χ3v) is 13.7. The standard InChI is InChI=1S/C33H55NO2/c1-9-15-33-18-12-22(21(2)3)27(33)23-10-11-25-30(6)16-14-26(36-28(34)35)29(4,5)24(30)13-17-32(25,8)31(23,7)19-20-33/h21,23-26H,9-20H2,1-8H3,(H2,34,35). The van der Waals surface area contributed by atoms with Gasteiger partial charge in [-0.15, -0.1) is 0 Å². The summed E-state index contributed by atoms with van der Waals surface area (Å²) in [6.45, 7) is 20.1. The summed E-state index contributed by atoms with van der Waals surface area (Å²) >= 11 is 0. The number of carbonyl (C=O) groups is 1. The van der Waals surface area contributed by atoms with Gasteiger partial charge in [-0.25, -0.2) is 4.79 Å². The van der Waals surface area contributed by atoms with E-state index in [1.807, 2.05) is 11.1 Å². The van der Waals surface area contributed by atoms with Crippen LogP contribution in [0.15, 0.2) is 11.1 Å². The van der Waals surface area contributed by atoms with Crippen LogP contribution in [0.2, 0.25) is 0 Å². The lowest BCUT2D eigenvalue weighted by molar-refractivity contribution is -0.228. The Morgan fingerprint density at radius 1 is 0.917 bits per heavy atom. The van der Waals surface area contributed by atoms with E-state index in [0.29, 0.717) is 33.5 Å². The molecule has 4 saturated carbocycles. The van der Waals surface area contributed by atoms with Crippen molar-refractivity contribution in [3.63, 3.8) is 0 Å². The van der Waals surface area contributed by atoms with Crippen molar-refractivity contribution < 1.29 is 9.53 Å². The molecule has 0 spiro atoms. The first-order valence-electron chi connectivity index (χ1n) is 15.5. The Kier molecular flexibility index (Phi) is 6.29. The van der Waals surface area contributed by atoms with Crippen LogP contribution in [-0.4, -0.2) is 12.2 Å². The van der Waals surface area contributed by atoms with Crippen LogP contribution in [0.25, 0.3) is 0 Å². The molecule has 3 nitrogen and oxygen atoms in total. The highest BCUT2D eigenvalue weighted by molar-refractivity contribution is 5.64. The second-order valence-electron chi connectivity index (χ2n) is 15.5. The average molecular weight is 498 g/mol. The van der Waals surface area contributed by atoms with Crippen molar-refractivity contribution in [2.75, 3.05) is 0 Å². The molecule has 0 radical (unpaired) electrons.